The number of carboxylic acid groups (broad SMARTS) is 1. The minimum atomic E-state index is -1.15. The number of hydrogen-bond donors (Lipinski definition) is 5. The number of carbonyl (C=O) groups is 3. The fourth-order valence-electron chi connectivity index (χ4n) is 11.2. The molecule has 1 atom stereocenters. The van der Waals surface area contributed by atoms with Crippen LogP contribution in [0.4, 0.5) is 4.79 Å². The molecule has 8 bridgehead atoms. The number of H-pyrrole nitrogens is 2. The number of benzene rings is 6. The number of amides is 2. The van der Waals surface area contributed by atoms with Gasteiger partial charge in [-0.1, -0.05) is 152 Å². The minimum absolute atomic E-state index is 0.0841. The minimum Gasteiger partial charge on any atom is -0.480 e. The van der Waals surface area contributed by atoms with E-state index in [-0.39, 0.29) is 24.9 Å². The van der Waals surface area contributed by atoms with Gasteiger partial charge in [-0.3, -0.25) is 4.79 Å². The Kier molecular flexibility index (Phi) is 13.4. The van der Waals surface area contributed by atoms with Crippen molar-refractivity contribution in [3.05, 3.63) is 227 Å². The molecule has 1 aliphatic carbocycles. The van der Waals surface area contributed by atoms with E-state index in [4.69, 9.17) is 14.7 Å². The second-order valence-corrected chi connectivity index (χ2v) is 19.6. The van der Waals surface area contributed by atoms with Gasteiger partial charge in [0.25, 0.3) is 5.91 Å². The summed E-state index contributed by atoms with van der Waals surface area (Å²) in [4.78, 5) is 57.3. The third-order valence-corrected chi connectivity index (χ3v) is 14.8. The molecular formula is C66H54N6O5. The van der Waals surface area contributed by atoms with E-state index in [2.05, 4.69) is 130 Å². The van der Waals surface area contributed by atoms with Crippen molar-refractivity contribution in [3.63, 3.8) is 0 Å². The van der Waals surface area contributed by atoms with Crippen LogP contribution in [0.5, 0.6) is 0 Å². The predicted octanol–water partition coefficient (Wildman–Crippen LogP) is 13.7. The van der Waals surface area contributed by atoms with Crippen LogP contribution in [0.1, 0.15) is 80.8 Å². The number of carbonyl (C=O) groups excluding carboxylic acids is 2. The first-order chi connectivity index (χ1) is 37.8. The second kappa shape index (κ2) is 21.3. The highest BCUT2D eigenvalue weighted by Crippen LogP contribution is 2.45. The van der Waals surface area contributed by atoms with Gasteiger partial charge < -0.3 is 30.4 Å². The normalized spacial score (nSPS) is 13.1. The number of fused-ring (bicyclic) bond motifs is 11. The van der Waals surface area contributed by atoms with E-state index in [1.807, 2.05) is 91.0 Å². The number of aryl methyl sites for hydroxylation is 2. The van der Waals surface area contributed by atoms with Crippen LogP contribution < -0.4 is 10.6 Å². The summed E-state index contributed by atoms with van der Waals surface area (Å²) in [7, 11) is 0. The lowest BCUT2D eigenvalue weighted by atomic mass is 9.98. The molecule has 378 valence electrons. The van der Waals surface area contributed by atoms with E-state index in [1.54, 1.807) is 0 Å². The molecule has 2 aromatic heterocycles. The molecule has 77 heavy (non-hydrogen) atoms. The Balaban J connectivity index is 0.810. The molecular weight excluding hydrogens is 957 g/mol. The topological polar surface area (TPSA) is 162 Å². The van der Waals surface area contributed by atoms with Crippen LogP contribution >= 0.6 is 0 Å². The van der Waals surface area contributed by atoms with Crippen LogP contribution in [0.2, 0.25) is 0 Å². The number of hydrogen-bond acceptors (Lipinski definition) is 6. The largest absolute Gasteiger partial charge is 0.480 e. The Morgan fingerprint density at radius 1 is 0.532 bits per heavy atom. The molecule has 0 spiro atoms. The molecule has 11 nitrogen and oxygen atoms in total. The standard InChI is InChI=1S/C66H54N6O5/c73-64(67-39-15-14-26-59(65(74)75)72-66(76)77-40-50-48-24-12-10-22-46(48)47-23-11-13-25-49(47)50)45-29-27-44(28-30-45)63-57-37-35-55(70-57)61(42-18-6-2-7-19-42)53-33-31-51(68-53)60(41-16-4-1-5-17-41)52-32-34-54(69-52)62(43-20-8-3-9-21-43)56-36-38-58(63)71-56/h1-13,16-25,27-31,33,35-38,50,59,69-70H,14-15,26,32,34,39-40H2,(H,67,73)(H,72,76)(H,74,75)/t59-/m0/s1. The van der Waals surface area contributed by atoms with Crippen LogP contribution in [0.3, 0.4) is 0 Å². The summed E-state index contributed by atoms with van der Waals surface area (Å²) in [6.45, 7) is 0.403. The first-order valence-corrected chi connectivity index (χ1v) is 26.2. The average Bonchev–Trinajstić information content (AvgIpc) is 4.35. The van der Waals surface area contributed by atoms with Crippen LogP contribution in [0, 0.1) is 0 Å². The number of alkyl carbamates (subject to hydrolysis) is 1. The van der Waals surface area contributed by atoms with Crippen LogP contribution in [-0.4, -0.2) is 62.2 Å². The van der Waals surface area contributed by atoms with Crippen molar-refractivity contribution in [1.29, 1.82) is 0 Å². The Morgan fingerprint density at radius 3 is 1.49 bits per heavy atom. The Hall–Kier alpha value is -9.61. The molecule has 5 heterocycles. The summed E-state index contributed by atoms with van der Waals surface area (Å²) in [5, 5.41) is 15.5. The Bertz CT molecular complexity index is 3800. The van der Waals surface area contributed by atoms with Crippen molar-refractivity contribution in [2.75, 3.05) is 13.2 Å². The third-order valence-electron chi connectivity index (χ3n) is 14.8. The molecule has 3 aliphatic heterocycles. The van der Waals surface area contributed by atoms with Crippen molar-refractivity contribution in [1.82, 2.24) is 30.6 Å². The van der Waals surface area contributed by atoms with E-state index in [0.29, 0.717) is 24.9 Å². The number of aromatic nitrogens is 4. The first-order valence-electron chi connectivity index (χ1n) is 26.2. The Morgan fingerprint density at radius 2 is 0.987 bits per heavy atom. The van der Waals surface area contributed by atoms with Gasteiger partial charge in [-0.2, -0.15) is 0 Å². The summed E-state index contributed by atoms with van der Waals surface area (Å²) in [6, 6.07) is 57.9. The first kappa shape index (κ1) is 48.3. The number of ether oxygens (including phenoxy) is 1. The van der Waals surface area contributed by atoms with E-state index < -0.39 is 18.1 Å². The van der Waals surface area contributed by atoms with Crippen molar-refractivity contribution in [2.24, 2.45) is 0 Å². The second-order valence-electron chi connectivity index (χ2n) is 19.6. The van der Waals surface area contributed by atoms with Crippen molar-refractivity contribution in [2.45, 2.75) is 44.1 Å². The van der Waals surface area contributed by atoms with Crippen LogP contribution in [0.15, 0.2) is 176 Å². The highest BCUT2D eigenvalue weighted by molar-refractivity contribution is 5.98. The number of nitrogens with zero attached hydrogens (tertiary/aromatic N) is 2. The molecule has 0 saturated carbocycles. The molecule has 6 aromatic carbocycles. The van der Waals surface area contributed by atoms with Crippen LogP contribution in [0.25, 0.3) is 91.0 Å². The third kappa shape index (κ3) is 9.82. The van der Waals surface area contributed by atoms with Gasteiger partial charge >= 0.3 is 12.1 Å². The monoisotopic (exact) mass is 1010 g/mol. The number of aliphatic carboxylic acids is 1. The highest BCUT2D eigenvalue weighted by Gasteiger charge is 2.30. The zero-order valence-corrected chi connectivity index (χ0v) is 42.1. The zero-order valence-electron chi connectivity index (χ0n) is 42.1. The molecule has 12 rings (SSSR count). The lowest BCUT2D eigenvalue weighted by Crippen LogP contribution is -2.41. The van der Waals surface area contributed by atoms with Crippen molar-refractivity contribution < 1.29 is 24.2 Å². The van der Waals surface area contributed by atoms with Gasteiger partial charge in [0.1, 0.15) is 12.6 Å². The molecule has 11 heteroatoms. The van der Waals surface area contributed by atoms with Gasteiger partial charge in [-0.25, -0.2) is 19.6 Å². The fourth-order valence-corrected chi connectivity index (χ4v) is 11.2. The van der Waals surface area contributed by atoms with Gasteiger partial charge in [0.05, 0.1) is 22.8 Å². The summed E-state index contributed by atoms with van der Waals surface area (Å²) in [5.74, 6) is -1.54. The van der Waals surface area contributed by atoms with Crippen molar-refractivity contribution in [3.8, 4) is 55.6 Å². The Labute approximate surface area is 445 Å². The lowest BCUT2D eigenvalue weighted by molar-refractivity contribution is -0.139. The number of carboxylic acids is 1. The van der Waals surface area contributed by atoms with Gasteiger partial charge in [0.2, 0.25) is 0 Å². The van der Waals surface area contributed by atoms with Gasteiger partial charge in [0.15, 0.2) is 0 Å². The molecule has 0 fully saturated rings. The molecule has 0 unspecified atom stereocenters. The molecule has 2 amide bonds. The van der Waals surface area contributed by atoms with Crippen molar-refractivity contribution >= 4 is 53.3 Å². The van der Waals surface area contributed by atoms with Gasteiger partial charge in [-0.05, 0) is 125 Å². The maximum atomic E-state index is 13.6. The number of aromatic amines is 2. The van der Waals surface area contributed by atoms with Gasteiger partial charge in [-0.15, -0.1) is 0 Å². The summed E-state index contributed by atoms with van der Waals surface area (Å²) in [5.41, 5.74) is 20.1. The summed E-state index contributed by atoms with van der Waals surface area (Å²) < 4.78 is 5.62. The molecule has 0 radical (unpaired) electrons. The number of unbranched alkanes of at least 4 members (excludes halogenated alkanes) is 1. The van der Waals surface area contributed by atoms with E-state index >= 15 is 0 Å². The average molecular weight is 1010 g/mol. The molecule has 0 saturated heterocycles. The number of nitrogens with one attached hydrogen (secondary N) is 4. The predicted molar refractivity (Wildman–Crippen MR) is 305 cm³/mol. The zero-order chi connectivity index (χ0) is 52.2. The summed E-state index contributed by atoms with van der Waals surface area (Å²) in [6.07, 6.45) is 10.3. The summed E-state index contributed by atoms with van der Waals surface area (Å²) >= 11 is 0. The van der Waals surface area contributed by atoms with Gasteiger partial charge in [0, 0.05) is 62.7 Å². The smallest absolute Gasteiger partial charge is 0.407 e. The molecule has 8 aromatic rings. The van der Waals surface area contributed by atoms with E-state index in [9.17, 15) is 19.5 Å². The van der Waals surface area contributed by atoms with E-state index in [1.165, 1.54) is 0 Å². The van der Waals surface area contributed by atoms with E-state index in [0.717, 1.165) is 125 Å². The quantitative estimate of drug-likeness (QED) is 0.0677. The maximum Gasteiger partial charge on any atom is 0.407 e. The van der Waals surface area contributed by atoms with Crippen LogP contribution in [-0.2, 0) is 22.4 Å². The molecule has 4 aliphatic rings. The SMILES string of the molecule is O=C(N[C@@H](CCCCNC(=O)c1ccc(-c2c3nc(c(-c4ccccc4)c4[nH]c(c(-c5ccccc5)c5nc(c(-c6ccccc6)c6ccc2[nH]6)C=C5)CC4)C=C3)cc1)C(=O)O)OCC1c2ccccc2-c2ccccc21. The number of rotatable bonds is 14. The molecule has 5 N–H and O–H groups in total. The lowest BCUT2D eigenvalue weighted by Gasteiger charge is -2.17. The maximum absolute atomic E-state index is 13.6. The fraction of sp³-hybridized carbons (Fsp3) is 0.136. The highest BCUT2D eigenvalue weighted by atomic mass is 16.5.